The van der Waals surface area contributed by atoms with Crippen molar-refractivity contribution in [3.05, 3.63) is 36.0 Å². The minimum Gasteiger partial charge on any atom is -0.354 e. The second-order valence-corrected chi connectivity index (χ2v) is 4.78. The van der Waals surface area contributed by atoms with Gasteiger partial charge < -0.3 is 15.6 Å². The van der Waals surface area contributed by atoms with Crippen LogP contribution < -0.4 is 10.6 Å². The third kappa shape index (κ3) is 2.45. The third-order valence-electron chi connectivity index (χ3n) is 3.38. The second kappa shape index (κ2) is 4.76. The van der Waals surface area contributed by atoms with Crippen molar-refractivity contribution in [2.75, 3.05) is 6.54 Å². The van der Waals surface area contributed by atoms with E-state index < -0.39 is 0 Å². The topological polar surface area (TPSA) is 74.0 Å². The van der Waals surface area contributed by atoms with Gasteiger partial charge in [0.15, 0.2) is 0 Å². The van der Waals surface area contributed by atoms with Gasteiger partial charge in [-0.15, -0.1) is 0 Å². The molecule has 1 atom stereocenters. The molecule has 3 N–H and O–H groups in total. The molecular weight excluding hydrogens is 242 g/mol. The molecule has 0 aliphatic carbocycles. The van der Waals surface area contributed by atoms with Crippen LogP contribution in [-0.4, -0.2) is 29.4 Å². The number of carbonyl (C=O) groups is 2. The first kappa shape index (κ1) is 11.8. The normalized spacial score (nSPS) is 19.2. The maximum absolute atomic E-state index is 12.1. The first-order chi connectivity index (χ1) is 9.22. The highest BCUT2D eigenvalue weighted by molar-refractivity contribution is 5.98. The van der Waals surface area contributed by atoms with Gasteiger partial charge in [0.05, 0.1) is 0 Å². The Morgan fingerprint density at radius 1 is 1.32 bits per heavy atom. The highest BCUT2D eigenvalue weighted by Gasteiger charge is 2.20. The summed E-state index contributed by atoms with van der Waals surface area (Å²) in [5.74, 6) is -0.0755. The van der Waals surface area contributed by atoms with Crippen LogP contribution in [0.1, 0.15) is 23.3 Å². The first-order valence-electron chi connectivity index (χ1n) is 6.38. The molecule has 0 bridgehead atoms. The smallest absolute Gasteiger partial charge is 0.268 e. The van der Waals surface area contributed by atoms with E-state index in [2.05, 4.69) is 15.6 Å². The molecule has 19 heavy (non-hydrogen) atoms. The SMILES string of the molecule is O=C1CCC(NC(=O)c2cc3ccccc3[nH]2)CN1. The molecule has 2 aromatic rings. The van der Waals surface area contributed by atoms with Crippen LogP contribution in [0.15, 0.2) is 30.3 Å². The van der Waals surface area contributed by atoms with Crippen LogP contribution in [0.4, 0.5) is 0 Å². The van der Waals surface area contributed by atoms with E-state index >= 15 is 0 Å². The number of rotatable bonds is 2. The Bertz CT molecular complexity index is 589. The van der Waals surface area contributed by atoms with Crippen molar-refractivity contribution in [3.63, 3.8) is 0 Å². The van der Waals surface area contributed by atoms with Crippen molar-refractivity contribution in [2.24, 2.45) is 0 Å². The standard InChI is InChI=1S/C14H15N3O2/c18-13-6-5-10(8-15-13)16-14(19)12-7-9-3-1-2-4-11(9)17-12/h1-4,7,10,17H,5-6,8H2,(H,15,18)(H,16,19). The van der Waals surface area contributed by atoms with Gasteiger partial charge in [0, 0.05) is 29.9 Å². The van der Waals surface area contributed by atoms with Crippen molar-refractivity contribution in [1.29, 1.82) is 0 Å². The highest BCUT2D eigenvalue weighted by Crippen LogP contribution is 2.15. The van der Waals surface area contributed by atoms with Crippen LogP contribution in [0, 0.1) is 0 Å². The Morgan fingerprint density at radius 3 is 2.89 bits per heavy atom. The van der Waals surface area contributed by atoms with E-state index in [1.807, 2.05) is 30.3 Å². The maximum atomic E-state index is 12.1. The minimum absolute atomic E-state index is 0.0108. The molecule has 0 saturated carbocycles. The van der Waals surface area contributed by atoms with Gasteiger partial charge in [-0.25, -0.2) is 0 Å². The molecule has 5 heteroatoms. The molecule has 1 fully saturated rings. The molecule has 1 aliphatic heterocycles. The van der Waals surface area contributed by atoms with Crippen molar-refractivity contribution >= 4 is 22.7 Å². The van der Waals surface area contributed by atoms with Crippen molar-refractivity contribution in [2.45, 2.75) is 18.9 Å². The van der Waals surface area contributed by atoms with E-state index in [0.717, 1.165) is 10.9 Å². The van der Waals surface area contributed by atoms with E-state index in [-0.39, 0.29) is 17.9 Å². The number of aromatic amines is 1. The molecule has 1 aromatic carbocycles. The summed E-state index contributed by atoms with van der Waals surface area (Å²) in [4.78, 5) is 26.3. The van der Waals surface area contributed by atoms with Gasteiger partial charge >= 0.3 is 0 Å². The fraction of sp³-hybridized carbons (Fsp3) is 0.286. The van der Waals surface area contributed by atoms with E-state index in [1.54, 1.807) is 0 Å². The summed E-state index contributed by atoms with van der Waals surface area (Å²) in [6.07, 6.45) is 1.16. The average Bonchev–Trinajstić information content (AvgIpc) is 2.85. The van der Waals surface area contributed by atoms with Crippen LogP contribution in [-0.2, 0) is 4.79 Å². The third-order valence-corrected chi connectivity index (χ3v) is 3.38. The number of nitrogens with one attached hydrogen (secondary N) is 3. The number of hydrogen-bond acceptors (Lipinski definition) is 2. The fourth-order valence-electron chi connectivity index (χ4n) is 2.31. The molecule has 1 saturated heterocycles. The zero-order valence-corrected chi connectivity index (χ0v) is 10.4. The van der Waals surface area contributed by atoms with E-state index in [1.165, 1.54) is 0 Å². The molecule has 1 unspecified atom stereocenters. The predicted octanol–water partition coefficient (Wildman–Crippen LogP) is 1.18. The number of H-pyrrole nitrogens is 1. The van der Waals surface area contributed by atoms with Gasteiger partial charge in [-0.05, 0) is 18.6 Å². The number of fused-ring (bicyclic) bond motifs is 1. The Kier molecular flexibility index (Phi) is 2.95. The average molecular weight is 257 g/mol. The van der Waals surface area contributed by atoms with Crippen LogP contribution in [0.5, 0.6) is 0 Å². The molecule has 2 amide bonds. The largest absolute Gasteiger partial charge is 0.354 e. The molecule has 1 aromatic heterocycles. The minimum atomic E-state index is -0.127. The maximum Gasteiger partial charge on any atom is 0.268 e. The molecule has 3 rings (SSSR count). The highest BCUT2D eigenvalue weighted by atomic mass is 16.2. The Morgan fingerprint density at radius 2 is 2.16 bits per heavy atom. The van der Waals surface area contributed by atoms with Gasteiger partial charge in [0.1, 0.15) is 5.69 Å². The van der Waals surface area contributed by atoms with E-state index in [9.17, 15) is 9.59 Å². The summed E-state index contributed by atoms with van der Waals surface area (Å²) in [5.41, 5.74) is 1.50. The zero-order valence-electron chi connectivity index (χ0n) is 10.4. The number of para-hydroxylation sites is 1. The predicted molar refractivity (Wildman–Crippen MR) is 71.8 cm³/mol. The Balaban J connectivity index is 1.71. The van der Waals surface area contributed by atoms with E-state index in [0.29, 0.717) is 25.1 Å². The number of amides is 2. The van der Waals surface area contributed by atoms with E-state index in [4.69, 9.17) is 0 Å². The summed E-state index contributed by atoms with van der Waals surface area (Å²) in [6, 6.07) is 9.62. The molecule has 2 heterocycles. The summed E-state index contributed by atoms with van der Waals surface area (Å²) >= 11 is 0. The van der Waals surface area contributed by atoms with Crippen LogP contribution in [0.3, 0.4) is 0 Å². The fourth-order valence-corrected chi connectivity index (χ4v) is 2.31. The summed E-state index contributed by atoms with van der Waals surface area (Å²) in [7, 11) is 0. The number of benzene rings is 1. The zero-order chi connectivity index (χ0) is 13.2. The lowest BCUT2D eigenvalue weighted by Gasteiger charge is -2.23. The van der Waals surface area contributed by atoms with Crippen LogP contribution >= 0.6 is 0 Å². The number of carbonyl (C=O) groups excluding carboxylic acids is 2. The molecule has 5 nitrogen and oxygen atoms in total. The van der Waals surface area contributed by atoms with Gasteiger partial charge in [-0.3, -0.25) is 9.59 Å². The lowest BCUT2D eigenvalue weighted by Crippen LogP contribution is -2.47. The molecule has 0 spiro atoms. The second-order valence-electron chi connectivity index (χ2n) is 4.78. The van der Waals surface area contributed by atoms with Crippen molar-refractivity contribution < 1.29 is 9.59 Å². The lowest BCUT2D eigenvalue weighted by atomic mass is 10.1. The molecular formula is C14H15N3O2. The molecule has 98 valence electrons. The summed E-state index contributed by atoms with van der Waals surface area (Å²) < 4.78 is 0. The monoisotopic (exact) mass is 257 g/mol. The summed E-state index contributed by atoms with van der Waals surface area (Å²) in [5, 5.41) is 6.70. The van der Waals surface area contributed by atoms with Crippen molar-refractivity contribution in [3.8, 4) is 0 Å². The molecule has 1 aliphatic rings. The summed E-state index contributed by atoms with van der Waals surface area (Å²) in [6.45, 7) is 0.505. The molecule has 0 radical (unpaired) electrons. The van der Waals surface area contributed by atoms with Gasteiger partial charge in [0.2, 0.25) is 5.91 Å². The Hall–Kier alpha value is -2.30. The number of piperidine rings is 1. The quantitative estimate of drug-likeness (QED) is 0.755. The van der Waals surface area contributed by atoms with Gasteiger partial charge in [-0.1, -0.05) is 18.2 Å². The van der Waals surface area contributed by atoms with Crippen LogP contribution in [0.25, 0.3) is 10.9 Å². The van der Waals surface area contributed by atoms with Crippen molar-refractivity contribution in [1.82, 2.24) is 15.6 Å². The number of aromatic nitrogens is 1. The van der Waals surface area contributed by atoms with Crippen LogP contribution in [0.2, 0.25) is 0 Å². The van der Waals surface area contributed by atoms with Gasteiger partial charge in [0.25, 0.3) is 5.91 Å². The van der Waals surface area contributed by atoms with Gasteiger partial charge in [-0.2, -0.15) is 0 Å². The first-order valence-corrected chi connectivity index (χ1v) is 6.38. The lowest BCUT2D eigenvalue weighted by molar-refractivity contribution is -0.122. The Labute approximate surface area is 110 Å². The number of hydrogen-bond donors (Lipinski definition) is 3.